The number of nitrogens with one attached hydrogen (secondary N) is 2. The number of amides is 2. The van der Waals surface area contributed by atoms with Crippen molar-refractivity contribution in [1.29, 1.82) is 0 Å². The van der Waals surface area contributed by atoms with Crippen molar-refractivity contribution in [3.05, 3.63) is 35.9 Å². The zero-order valence-electron chi connectivity index (χ0n) is 14.4. The molecule has 1 unspecified atom stereocenters. The number of aromatic nitrogens is 3. The minimum atomic E-state index is -0.416. The van der Waals surface area contributed by atoms with Gasteiger partial charge in [-0.1, -0.05) is 18.6 Å². The topological polar surface area (TPSA) is 88.9 Å². The minimum absolute atomic E-state index is 0.125. The minimum Gasteiger partial charge on any atom is -0.349 e. The Labute approximate surface area is 155 Å². The highest BCUT2D eigenvalue weighted by molar-refractivity contribution is 8.01. The summed E-state index contributed by atoms with van der Waals surface area (Å²) in [5.41, 5.74) is 0.810. The Morgan fingerprint density at radius 2 is 2.15 bits per heavy atom. The van der Waals surface area contributed by atoms with Crippen LogP contribution in [0, 0.1) is 0 Å². The lowest BCUT2D eigenvalue weighted by molar-refractivity contribution is -0.124. The van der Waals surface area contributed by atoms with Crippen molar-refractivity contribution >= 4 is 29.3 Å². The second-order valence-corrected chi connectivity index (χ2v) is 7.81. The summed E-state index contributed by atoms with van der Waals surface area (Å²) in [7, 11) is 0. The van der Waals surface area contributed by atoms with Crippen molar-refractivity contribution in [1.82, 2.24) is 20.1 Å². The number of carbonyl (C=O) groups is 2. The first-order chi connectivity index (χ1) is 12.7. The summed E-state index contributed by atoms with van der Waals surface area (Å²) in [6, 6.07) is 7.63. The Bertz CT molecular complexity index is 835. The summed E-state index contributed by atoms with van der Waals surface area (Å²) in [6.45, 7) is 1.26. The van der Waals surface area contributed by atoms with E-state index in [4.69, 9.17) is 0 Å². The van der Waals surface area contributed by atoms with Gasteiger partial charge in [0.15, 0.2) is 5.82 Å². The average Bonchev–Trinajstić information content (AvgIpc) is 2.87. The first-order valence-electron chi connectivity index (χ1n) is 8.95. The Hall–Kier alpha value is -2.35. The molecule has 0 saturated heterocycles. The van der Waals surface area contributed by atoms with Gasteiger partial charge in [-0.25, -0.2) is 0 Å². The van der Waals surface area contributed by atoms with Gasteiger partial charge < -0.3 is 15.2 Å². The predicted molar refractivity (Wildman–Crippen MR) is 98.8 cm³/mol. The Morgan fingerprint density at radius 1 is 1.27 bits per heavy atom. The first-order valence-corrected chi connectivity index (χ1v) is 9.83. The molecule has 4 rings (SSSR count). The summed E-state index contributed by atoms with van der Waals surface area (Å²) in [5, 5.41) is 13.8. The van der Waals surface area contributed by atoms with Crippen LogP contribution in [0.1, 0.15) is 37.3 Å². The van der Waals surface area contributed by atoms with E-state index in [2.05, 4.69) is 25.4 Å². The molecule has 0 spiro atoms. The molecule has 3 heterocycles. The summed E-state index contributed by atoms with van der Waals surface area (Å²) < 4.78 is 2.12. The van der Waals surface area contributed by atoms with Crippen molar-refractivity contribution in [3.63, 3.8) is 0 Å². The molecule has 1 aromatic carbocycles. The number of aryl methyl sites for hydroxylation is 1. The molecule has 2 aliphatic rings. The van der Waals surface area contributed by atoms with Crippen molar-refractivity contribution in [2.45, 2.75) is 55.3 Å². The highest BCUT2D eigenvalue weighted by Crippen LogP contribution is 2.36. The number of carbonyl (C=O) groups excluding carboxylic acids is 2. The molecule has 7 nitrogen and oxygen atoms in total. The van der Waals surface area contributed by atoms with Gasteiger partial charge in [0, 0.05) is 24.3 Å². The fourth-order valence-corrected chi connectivity index (χ4v) is 4.43. The van der Waals surface area contributed by atoms with E-state index in [1.54, 1.807) is 0 Å². The van der Waals surface area contributed by atoms with Gasteiger partial charge in [0.2, 0.25) is 11.8 Å². The van der Waals surface area contributed by atoms with E-state index in [1.807, 2.05) is 24.3 Å². The molecular weight excluding hydrogens is 350 g/mol. The smallest absolute Gasteiger partial charge is 0.238 e. The van der Waals surface area contributed by atoms with Crippen LogP contribution in [-0.2, 0) is 29.1 Å². The first kappa shape index (κ1) is 17.1. The van der Waals surface area contributed by atoms with Crippen LogP contribution >= 0.6 is 11.8 Å². The molecule has 0 radical (unpaired) electrons. The summed E-state index contributed by atoms with van der Waals surface area (Å²) in [4.78, 5) is 25.5. The molecule has 0 fully saturated rings. The summed E-state index contributed by atoms with van der Waals surface area (Å²) in [5.74, 6) is 1.52. The van der Waals surface area contributed by atoms with Gasteiger partial charge in [-0.15, -0.1) is 22.0 Å². The van der Waals surface area contributed by atoms with Gasteiger partial charge in [-0.3, -0.25) is 9.59 Å². The molecule has 2 aromatic rings. The molecule has 136 valence electrons. The monoisotopic (exact) mass is 371 g/mol. The van der Waals surface area contributed by atoms with Gasteiger partial charge in [-0.2, -0.15) is 0 Å². The van der Waals surface area contributed by atoms with Crippen molar-refractivity contribution < 1.29 is 9.59 Å². The van der Waals surface area contributed by atoms with Crippen LogP contribution in [-0.4, -0.2) is 31.8 Å². The quantitative estimate of drug-likeness (QED) is 0.859. The molecule has 8 heteroatoms. The Balaban J connectivity index is 1.35. The van der Waals surface area contributed by atoms with E-state index >= 15 is 0 Å². The molecule has 0 bridgehead atoms. The maximum absolute atomic E-state index is 12.3. The van der Waals surface area contributed by atoms with Crippen LogP contribution in [0.5, 0.6) is 0 Å². The van der Waals surface area contributed by atoms with E-state index in [0.29, 0.717) is 6.54 Å². The van der Waals surface area contributed by atoms with Crippen molar-refractivity contribution in [3.8, 4) is 0 Å². The van der Waals surface area contributed by atoms with Gasteiger partial charge in [0.05, 0.1) is 17.5 Å². The fourth-order valence-electron chi connectivity index (χ4n) is 3.32. The molecule has 0 saturated carbocycles. The number of nitrogens with zero attached hydrogens (tertiary/aromatic N) is 3. The van der Waals surface area contributed by atoms with Crippen LogP contribution in [0.15, 0.2) is 29.2 Å². The van der Waals surface area contributed by atoms with E-state index in [0.717, 1.165) is 48.0 Å². The molecule has 2 N–H and O–H groups in total. The Morgan fingerprint density at radius 3 is 3.08 bits per heavy atom. The van der Waals surface area contributed by atoms with E-state index in [-0.39, 0.29) is 18.2 Å². The van der Waals surface area contributed by atoms with E-state index in [9.17, 15) is 9.59 Å². The van der Waals surface area contributed by atoms with E-state index < -0.39 is 5.25 Å². The molecule has 1 atom stereocenters. The average molecular weight is 371 g/mol. The van der Waals surface area contributed by atoms with E-state index in [1.165, 1.54) is 18.2 Å². The third kappa shape index (κ3) is 3.60. The second-order valence-electron chi connectivity index (χ2n) is 6.57. The number of benzene rings is 1. The van der Waals surface area contributed by atoms with Crippen LogP contribution in [0.25, 0.3) is 0 Å². The third-order valence-electron chi connectivity index (χ3n) is 4.71. The number of para-hydroxylation sites is 1. The van der Waals surface area contributed by atoms with Crippen LogP contribution in [0.3, 0.4) is 0 Å². The largest absolute Gasteiger partial charge is 0.349 e. The zero-order valence-corrected chi connectivity index (χ0v) is 15.2. The van der Waals surface area contributed by atoms with Gasteiger partial charge in [-0.05, 0) is 25.0 Å². The number of hydrogen-bond acceptors (Lipinski definition) is 5. The summed E-state index contributed by atoms with van der Waals surface area (Å²) in [6.07, 6.45) is 4.54. The van der Waals surface area contributed by atoms with Crippen molar-refractivity contribution in [2.75, 3.05) is 5.32 Å². The highest BCUT2D eigenvalue weighted by atomic mass is 32.2. The van der Waals surface area contributed by atoms with Crippen LogP contribution in [0.2, 0.25) is 0 Å². The third-order valence-corrected chi connectivity index (χ3v) is 5.98. The van der Waals surface area contributed by atoms with Crippen LogP contribution < -0.4 is 10.6 Å². The number of thioether (sulfide) groups is 1. The fraction of sp³-hybridized carbons (Fsp3) is 0.444. The predicted octanol–water partition coefficient (Wildman–Crippen LogP) is 2.12. The molecule has 2 amide bonds. The molecule has 26 heavy (non-hydrogen) atoms. The van der Waals surface area contributed by atoms with Gasteiger partial charge in [0.25, 0.3) is 0 Å². The maximum Gasteiger partial charge on any atom is 0.238 e. The SMILES string of the molecule is O=C(CC1Sc2ccccc2NC1=O)NCc1nnc2n1CCCCC2. The molecule has 1 aromatic heterocycles. The Kier molecular flexibility index (Phi) is 4.92. The van der Waals surface area contributed by atoms with Crippen molar-refractivity contribution in [2.24, 2.45) is 0 Å². The lowest BCUT2D eigenvalue weighted by atomic mass is 10.2. The maximum atomic E-state index is 12.3. The molecular formula is C18H21N5O2S. The molecule has 2 aliphatic heterocycles. The van der Waals surface area contributed by atoms with Gasteiger partial charge in [0.1, 0.15) is 5.82 Å². The summed E-state index contributed by atoms with van der Waals surface area (Å²) >= 11 is 1.44. The lowest BCUT2D eigenvalue weighted by Crippen LogP contribution is -2.35. The zero-order chi connectivity index (χ0) is 17.9. The molecule has 0 aliphatic carbocycles. The number of fused-ring (bicyclic) bond motifs is 2. The lowest BCUT2D eigenvalue weighted by Gasteiger charge is -2.23. The highest BCUT2D eigenvalue weighted by Gasteiger charge is 2.28. The van der Waals surface area contributed by atoms with Gasteiger partial charge >= 0.3 is 0 Å². The van der Waals surface area contributed by atoms with Crippen LogP contribution in [0.4, 0.5) is 5.69 Å². The normalized spacial score (nSPS) is 19.1. The number of hydrogen-bond donors (Lipinski definition) is 2. The number of anilines is 1. The number of rotatable bonds is 4. The standard InChI is InChI=1S/C18H21N5O2S/c24-17(10-14-18(25)20-12-6-3-4-7-13(12)26-14)19-11-16-22-21-15-8-2-1-5-9-23(15)16/h3-4,6-7,14H,1-2,5,8-11H2,(H,19,24)(H,20,25). The second kappa shape index (κ2) is 7.49.